The Bertz CT molecular complexity index is 475. The van der Waals surface area contributed by atoms with Gasteiger partial charge in [-0.3, -0.25) is 4.90 Å². The Balaban J connectivity index is 1.96. The van der Waals surface area contributed by atoms with Gasteiger partial charge < -0.3 is 15.4 Å². The molecule has 1 heterocycles. The molecule has 0 aromatic heterocycles. The molecule has 1 aromatic rings. The molecule has 102 valence electrons. The summed E-state index contributed by atoms with van der Waals surface area (Å²) in [5.41, 5.74) is 2.02. The van der Waals surface area contributed by atoms with Crippen LogP contribution in [0.5, 0.6) is 0 Å². The summed E-state index contributed by atoms with van der Waals surface area (Å²) >= 11 is 4.98. The van der Waals surface area contributed by atoms with E-state index in [1.165, 1.54) is 0 Å². The maximum Gasteiger partial charge on any atom is 0.414 e. The molecule has 1 atom stereocenters. The third-order valence-corrected chi connectivity index (χ3v) is 3.29. The van der Waals surface area contributed by atoms with Crippen LogP contribution in [0, 0.1) is 6.92 Å². The van der Waals surface area contributed by atoms with Crippen LogP contribution in [0.1, 0.15) is 5.56 Å². The largest absolute Gasteiger partial charge is 0.442 e. The molecule has 1 fully saturated rings. The maximum atomic E-state index is 11.8. The molecule has 0 aliphatic carbocycles. The van der Waals surface area contributed by atoms with Gasteiger partial charge in [-0.25, -0.2) is 4.79 Å². The minimum Gasteiger partial charge on any atom is -0.442 e. The minimum atomic E-state index is -0.314. The summed E-state index contributed by atoms with van der Waals surface area (Å²) < 4.78 is 5.29. The van der Waals surface area contributed by atoms with E-state index >= 15 is 0 Å². The number of carbonyl (C=O) groups excluding carboxylic acids is 1. The third kappa shape index (κ3) is 3.35. The topological polar surface area (TPSA) is 53.6 Å². The number of cyclic esters (lactones) is 1. The van der Waals surface area contributed by atoms with E-state index in [0.717, 1.165) is 11.3 Å². The van der Waals surface area contributed by atoms with Gasteiger partial charge in [0.2, 0.25) is 0 Å². The summed E-state index contributed by atoms with van der Waals surface area (Å²) in [6.45, 7) is 3.05. The quantitative estimate of drug-likeness (QED) is 0.820. The highest BCUT2D eigenvalue weighted by Gasteiger charge is 2.32. The van der Waals surface area contributed by atoms with Gasteiger partial charge >= 0.3 is 6.09 Å². The number of thiocarbonyl (C=S) groups is 1. The summed E-state index contributed by atoms with van der Waals surface area (Å²) in [5.74, 6) is 0. The first-order valence-electron chi connectivity index (χ1n) is 6.10. The van der Waals surface area contributed by atoms with Gasteiger partial charge in [0.05, 0.1) is 13.1 Å². The summed E-state index contributed by atoms with van der Waals surface area (Å²) in [7, 11) is 1.74. The molecular formula is C13H17N3O2S. The Morgan fingerprint density at radius 3 is 2.79 bits per heavy atom. The van der Waals surface area contributed by atoms with Gasteiger partial charge in [0.15, 0.2) is 5.11 Å². The lowest BCUT2D eigenvalue weighted by atomic mass is 10.2. The highest BCUT2D eigenvalue weighted by Crippen LogP contribution is 2.21. The van der Waals surface area contributed by atoms with E-state index in [1.54, 1.807) is 11.9 Å². The van der Waals surface area contributed by atoms with E-state index in [-0.39, 0.29) is 12.2 Å². The monoisotopic (exact) mass is 279 g/mol. The number of hydrogen-bond acceptors (Lipinski definition) is 3. The van der Waals surface area contributed by atoms with E-state index in [2.05, 4.69) is 10.6 Å². The molecule has 0 spiro atoms. The van der Waals surface area contributed by atoms with Crippen molar-refractivity contribution in [1.29, 1.82) is 0 Å². The van der Waals surface area contributed by atoms with Crippen LogP contribution in [0.15, 0.2) is 24.3 Å². The average molecular weight is 279 g/mol. The highest BCUT2D eigenvalue weighted by molar-refractivity contribution is 7.80. The van der Waals surface area contributed by atoms with Crippen molar-refractivity contribution in [2.75, 3.05) is 25.0 Å². The lowest BCUT2D eigenvalue weighted by Gasteiger charge is -2.13. The Hall–Kier alpha value is -1.82. The van der Waals surface area contributed by atoms with Gasteiger partial charge in [0.1, 0.15) is 6.10 Å². The van der Waals surface area contributed by atoms with Crippen molar-refractivity contribution in [3.8, 4) is 0 Å². The normalized spacial score (nSPS) is 18.1. The average Bonchev–Trinajstić information content (AvgIpc) is 2.78. The number of carbonyl (C=O) groups is 1. The Morgan fingerprint density at radius 1 is 1.47 bits per heavy atom. The second-order valence-corrected chi connectivity index (χ2v) is 4.82. The molecule has 2 rings (SSSR count). The fourth-order valence-corrected chi connectivity index (χ4v) is 1.94. The number of amides is 1. The zero-order chi connectivity index (χ0) is 13.8. The zero-order valence-corrected chi connectivity index (χ0v) is 11.8. The molecule has 6 heteroatoms. The lowest BCUT2D eigenvalue weighted by Crippen LogP contribution is -2.39. The molecular weight excluding hydrogens is 262 g/mol. The molecule has 1 saturated heterocycles. The molecule has 0 saturated carbocycles. The van der Waals surface area contributed by atoms with Gasteiger partial charge in [0.25, 0.3) is 0 Å². The van der Waals surface area contributed by atoms with E-state index in [9.17, 15) is 4.79 Å². The van der Waals surface area contributed by atoms with Crippen LogP contribution in [0.3, 0.4) is 0 Å². The zero-order valence-electron chi connectivity index (χ0n) is 11.0. The SMILES string of the molecule is CNC(=S)NCC1CN(c2ccc(C)cc2)C(=O)O1. The van der Waals surface area contributed by atoms with Crippen LogP contribution in [0.2, 0.25) is 0 Å². The number of nitrogens with zero attached hydrogens (tertiary/aromatic N) is 1. The van der Waals surface area contributed by atoms with Gasteiger partial charge in [-0.15, -0.1) is 0 Å². The molecule has 1 unspecified atom stereocenters. The molecule has 1 aliphatic heterocycles. The fraction of sp³-hybridized carbons (Fsp3) is 0.385. The van der Waals surface area contributed by atoms with Crippen molar-refractivity contribution in [2.45, 2.75) is 13.0 Å². The number of anilines is 1. The first kappa shape index (κ1) is 13.6. The number of benzene rings is 1. The van der Waals surface area contributed by atoms with Gasteiger partial charge in [-0.05, 0) is 31.3 Å². The van der Waals surface area contributed by atoms with Crippen molar-refractivity contribution in [3.05, 3.63) is 29.8 Å². The van der Waals surface area contributed by atoms with E-state index < -0.39 is 0 Å². The van der Waals surface area contributed by atoms with Crippen LogP contribution in [-0.4, -0.2) is 37.4 Å². The molecule has 1 aliphatic rings. The molecule has 5 nitrogen and oxygen atoms in total. The van der Waals surface area contributed by atoms with Crippen molar-refractivity contribution >= 4 is 29.1 Å². The number of ether oxygens (including phenoxy) is 1. The predicted octanol–water partition coefficient (Wildman–Crippen LogP) is 1.41. The summed E-state index contributed by atoms with van der Waals surface area (Å²) in [6.07, 6.45) is -0.508. The van der Waals surface area contributed by atoms with Gasteiger partial charge in [-0.2, -0.15) is 0 Å². The molecule has 19 heavy (non-hydrogen) atoms. The first-order chi connectivity index (χ1) is 9.10. The second kappa shape index (κ2) is 5.88. The van der Waals surface area contributed by atoms with Crippen LogP contribution in [0.25, 0.3) is 0 Å². The molecule has 1 amide bonds. The fourth-order valence-electron chi connectivity index (χ4n) is 1.86. The minimum absolute atomic E-state index is 0.194. The van der Waals surface area contributed by atoms with Crippen molar-refractivity contribution in [1.82, 2.24) is 10.6 Å². The predicted molar refractivity (Wildman–Crippen MR) is 78.5 cm³/mol. The summed E-state index contributed by atoms with van der Waals surface area (Å²) in [4.78, 5) is 13.4. The number of rotatable bonds is 3. The Morgan fingerprint density at radius 2 is 2.16 bits per heavy atom. The molecule has 1 aromatic carbocycles. The summed E-state index contributed by atoms with van der Waals surface area (Å²) in [6, 6.07) is 7.80. The van der Waals surface area contributed by atoms with Crippen molar-refractivity contribution in [2.24, 2.45) is 0 Å². The van der Waals surface area contributed by atoms with Crippen molar-refractivity contribution < 1.29 is 9.53 Å². The van der Waals surface area contributed by atoms with Crippen LogP contribution < -0.4 is 15.5 Å². The van der Waals surface area contributed by atoms with Gasteiger partial charge in [-0.1, -0.05) is 17.7 Å². The Kier molecular flexibility index (Phi) is 4.21. The van der Waals surface area contributed by atoms with Crippen LogP contribution in [-0.2, 0) is 4.74 Å². The standard InChI is InChI=1S/C13H17N3O2S/c1-9-3-5-10(6-4-9)16-8-11(18-13(16)17)7-15-12(19)14-2/h3-6,11H,7-8H2,1-2H3,(H2,14,15,19). The van der Waals surface area contributed by atoms with Crippen LogP contribution >= 0.6 is 12.2 Å². The number of hydrogen-bond donors (Lipinski definition) is 2. The van der Waals surface area contributed by atoms with Crippen LogP contribution in [0.4, 0.5) is 10.5 Å². The molecule has 0 bridgehead atoms. The Labute approximate surface area is 117 Å². The smallest absolute Gasteiger partial charge is 0.414 e. The summed E-state index contributed by atoms with van der Waals surface area (Å²) in [5, 5.41) is 6.35. The number of nitrogens with one attached hydrogen (secondary N) is 2. The number of aryl methyl sites for hydroxylation is 1. The van der Waals surface area contributed by atoms with Crippen molar-refractivity contribution in [3.63, 3.8) is 0 Å². The molecule has 0 radical (unpaired) electrons. The first-order valence-corrected chi connectivity index (χ1v) is 6.51. The van der Waals surface area contributed by atoms with E-state index in [4.69, 9.17) is 17.0 Å². The maximum absolute atomic E-state index is 11.8. The van der Waals surface area contributed by atoms with E-state index in [0.29, 0.717) is 18.2 Å². The van der Waals surface area contributed by atoms with E-state index in [1.807, 2.05) is 31.2 Å². The lowest BCUT2D eigenvalue weighted by molar-refractivity contribution is 0.143. The molecule has 2 N–H and O–H groups in total. The third-order valence-electron chi connectivity index (χ3n) is 2.94. The second-order valence-electron chi connectivity index (χ2n) is 4.41. The van der Waals surface area contributed by atoms with Gasteiger partial charge in [0, 0.05) is 12.7 Å². The highest BCUT2D eigenvalue weighted by atomic mass is 32.1.